The number of thiophene rings is 1. The normalized spacial score (nSPS) is 22.6. The molecule has 0 radical (unpaired) electrons. The lowest BCUT2D eigenvalue weighted by Gasteiger charge is -2.44. The molecule has 0 bridgehead atoms. The molecule has 1 aromatic heterocycles. The van der Waals surface area contributed by atoms with Gasteiger partial charge in [0.25, 0.3) is 0 Å². The number of para-hydroxylation sites is 1. The molecule has 4 rings (SSSR count). The molecule has 146 valence electrons. The highest BCUT2D eigenvalue weighted by molar-refractivity contribution is 7.89. The molecule has 0 atom stereocenters. The number of nitrogens with zero attached hydrogens (tertiary/aromatic N) is 2. The van der Waals surface area contributed by atoms with Crippen LogP contribution in [0.5, 0.6) is 5.75 Å². The molecule has 0 N–H and O–H groups in total. The highest BCUT2D eigenvalue weighted by Gasteiger charge is 2.42. The van der Waals surface area contributed by atoms with Crippen molar-refractivity contribution < 1.29 is 13.2 Å². The third kappa shape index (κ3) is 3.78. The molecule has 1 fully saturated rings. The summed E-state index contributed by atoms with van der Waals surface area (Å²) >= 11 is 1.73. The van der Waals surface area contributed by atoms with Crippen LogP contribution >= 0.6 is 11.3 Å². The van der Waals surface area contributed by atoms with E-state index in [9.17, 15) is 8.42 Å². The van der Waals surface area contributed by atoms with Gasteiger partial charge in [0, 0.05) is 25.0 Å². The molecule has 2 aliphatic rings. The molecule has 0 aliphatic carbocycles. The van der Waals surface area contributed by atoms with E-state index in [2.05, 4.69) is 21.7 Å². The van der Waals surface area contributed by atoms with Gasteiger partial charge in [0.2, 0.25) is 10.0 Å². The maximum absolute atomic E-state index is 13.1. The van der Waals surface area contributed by atoms with Crippen molar-refractivity contribution in [2.75, 3.05) is 32.8 Å². The van der Waals surface area contributed by atoms with Crippen LogP contribution in [0.25, 0.3) is 0 Å². The van der Waals surface area contributed by atoms with E-state index in [1.54, 1.807) is 33.8 Å². The molecule has 1 spiro atoms. The van der Waals surface area contributed by atoms with Crippen LogP contribution in [-0.4, -0.2) is 50.4 Å². The summed E-state index contributed by atoms with van der Waals surface area (Å²) in [6, 6.07) is 9.19. The SMILES string of the molecule is CCN1CC2(CCN(Cc3ccsc3)CC2)COc2ccccc2S1(=O)=O. The maximum Gasteiger partial charge on any atom is 0.246 e. The molecule has 2 aliphatic heterocycles. The molecule has 0 saturated carbocycles. The Kier molecular flexibility index (Phi) is 5.29. The van der Waals surface area contributed by atoms with Crippen LogP contribution < -0.4 is 4.74 Å². The van der Waals surface area contributed by atoms with Crippen LogP contribution in [0.1, 0.15) is 25.3 Å². The minimum absolute atomic E-state index is 0.123. The maximum atomic E-state index is 13.1. The monoisotopic (exact) mass is 406 g/mol. The van der Waals surface area contributed by atoms with Crippen molar-refractivity contribution in [2.45, 2.75) is 31.2 Å². The Morgan fingerprint density at radius 3 is 2.67 bits per heavy atom. The van der Waals surface area contributed by atoms with Crippen LogP contribution in [0.15, 0.2) is 46.0 Å². The van der Waals surface area contributed by atoms with E-state index in [0.717, 1.165) is 32.5 Å². The number of benzene rings is 1. The van der Waals surface area contributed by atoms with Crippen molar-refractivity contribution in [3.05, 3.63) is 46.7 Å². The number of ether oxygens (including phenoxy) is 1. The molecule has 0 unspecified atom stereocenters. The molecule has 7 heteroatoms. The van der Waals surface area contributed by atoms with E-state index in [4.69, 9.17) is 4.74 Å². The summed E-state index contributed by atoms with van der Waals surface area (Å²) < 4.78 is 34.0. The van der Waals surface area contributed by atoms with Crippen LogP contribution in [0.2, 0.25) is 0 Å². The average molecular weight is 407 g/mol. The Morgan fingerprint density at radius 2 is 1.96 bits per heavy atom. The van der Waals surface area contributed by atoms with Crippen molar-refractivity contribution in [3.63, 3.8) is 0 Å². The van der Waals surface area contributed by atoms with E-state index in [1.165, 1.54) is 5.56 Å². The van der Waals surface area contributed by atoms with Crippen LogP contribution in [-0.2, 0) is 16.6 Å². The standard InChI is InChI=1S/C20H26N2O3S2/c1-2-22-15-20(8-10-21(11-9-20)13-17-7-12-26-14-17)16-25-18-5-3-4-6-19(18)27(22,23)24/h3-7,12,14H,2,8-11,13,15-16H2,1H3. The van der Waals surface area contributed by atoms with E-state index in [0.29, 0.717) is 25.4 Å². The lowest BCUT2D eigenvalue weighted by molar-refractivity contribution is 0.0333. The first-order valence-electron chi connectivity index (χ1n) is 9.48. The van der Waals surface area contributed by atoms with E-state index < -0.39 is 10.0 Å². The van der Waals surface area contributed by atoms with Gasteiger partial charge in [-0.15, -0.1) is 0 Å². The summed E-state index contributed by atoms with van der Waals surface area (Å²) in [7, 11) is -3.53. The van der Waals surface area contributed by atoms with Crippen molar-refractivity contribution in [1.29, 1.82) is 0 Å². The quantitative estimate of drug-likeness (QED) is 0.784. The van der Waals surface area contributed by atoms with Crippen LogP contribution in [0, 0.1) is 5.41 Å². The summed E-state index contributed by atoms with van der Waals surface area (Å²) in [5.74, 6) is 0.482. The fourth-order valence-corrected chi connectivity index (χ4v) is 6.42. The van der Waals surface area contributed by atoms with Gasteiger partial charge in [-0.25, -0.2) is 8.42 Å². The van der Waals surface area contributed by atoms with E-state index >= 15 is 0 Å². The van der Waals surface area contributed by atoms with Gasteiger partial charge < -0.3 is 4.74 Å². The number of likely N-dealkylation sites (tertiary alicyclic amines) is 1. The number of fused-ring (bicyclic) bond motifs is 1. The van der Waals surface area contributed by atoms with Gasteiger partial charge in [-0.1, -0.05) is 19.1 Å². The summed E-state index contributed by atoms with van der Waals surface area (Å²) in [4.78, 5) is 2.75. The predicted octanol–water partition coefficient (Wildman–Crippen LogP) is 3.43. The summed E-state index contributed by atoms with van der Waals surface area (Å²) in [6.07, 6.45) is 1.90. The molecule has 2 aromatic rings. The Hall–Kier alpha value is -1.41. The van der Waals surface area contributed by atoms with Crippen LogP contribution in [0.3, 0.4) is 0 Å². The summed E-state index contributed by atoms with van der Waals surface area (Å²) in [5.41, 5.74) is 1.23. The topological polar surface area (TPSA) is 49.9 Å². The molecule has 1 aromatic carbocycles. The highest BCUT2D eigenvalue weighted by Crippen LogP contribution is 2.39. The molecular formula is C20H26N2O3S2. The van der Waals surface area contributed by atoms with Gasteiger partial charge in [-0.2, -0.15) is 15.6 Å². The van der Waals surface area contributed by atoms with Crippen LogP contribution in [0.4, 0.5) is 0 Å². The van der Waals surface area contributed by atoms with Crippen molar-refractivity contribution in [3.8, 4) is 5.75 Å². The third-order valence-electron chi connectivity index (χ3n) is 5.77. The van der Waals surface area contributed by atoms with Crippen molar-refractivity contribution in [1.82, 2.24) is 9.21 Å². The first kappa shape index (κ1) is 18.9. The first-order chi connectivity index (χ1) is 13.0. The molecule has 1 saturated heterocycles. The number of sulfonamides is 1. The highest BCUT2D eigenvalue weighted by atomic mass is 32.2. The minimum atomic E-state index is -3.53. The molecule has 5 nitrogen and oxygen atoms in total. The van der Waals surface area contributed by atoms with Crippen molar-refractivity contribution in [2.24, 2.45) is 5.41 Å². The second kappa shape index (κ2) is 7.54. The Balaban J connectivity index is 1.55. The number of hydrogen-bond donors (Lipinski definition) is 0. The Bertz CT molecular complexity index is 872. The molecular weight excluding hydrogens is 380 g/mol. The lowest BCUT2D eigenvalue weighted by atomic mass is 9.78. The average Bonchev–Trinajstić information content (AvgIpc) is 3.19. The van der Waals surface area contributed by atoms with Gasteiger partial charge in [-0.05, 0) is 60.5 Å². The third-order valence-corrected chi connectivity index (χ3v) is 8.46. The number of rotatable bonds is 3. The summed E-state index contributed by atoms with van der Waals surface area (Å²) in [5, 5.41) is 4.32. The zero-order valence-electron chi connectivity index (χ0n) is 15.6. The van der Waals surface area contributed by atoms with E-state index in [-0.39, 0.29) is 10.3 Å². The van der Waals surface area contributed by atoms with Gasteiger partial charge in [0.1, 0.15) is 10.6 Å². The Labute approximate surface area is 165 Å². The van der Waals surface area contributed by atoms with E-state index in [1.807, 2.05) is 13.0 Å². The fourth-order valence-electron chi connectivity index (χ4n) is 4.07. The predicted molar refractivity (Wildman–Crippen MR) is 108 cm³/mol. The zero-order chi connectivity index (χ0) is 18.9. The molecule has 0 amide bonds. The number of piperidine rings is 1. The first-order valence-corrected chi connectivity index (χ1v) is 11.9. The smallest absolute Gasteiger partial charge is 0.246 e. The molecule has 3 heterocycles. The largest absolute Gasteiger partial charge is 0.492 e. The summed E-state index contributed by atoms with van der Waals surface area (Å²) in [6.45, 7) is 6.42. The lowest BCUT2D eigenvalue weighted by Crippen LogP contribution is -2.51. The Morgan fingerprint density at radius 1 is 1.19 bits per heavy atom. The molecule has 27 heavy (non-hydrogen) atoms. The van der Waals surface area contributed by atoms with Gasteiger partial charge in [0.15, 0.2) is 0 Å². The van der Waals surface area contributed by atoms with Crippen molar-refractivity contribution >= 4 is 21.4 Å². The van der Waals surface area contributed by atoms with Gasteiger partial charge in [0.05, 0.1) is 6.61 Å². The second-order valence-corrected chi connectivity index (χ2v) is 10.3. The zero-order valence-corrected chi connectivity index (χ0v) is 17.3. The number of hydrogen-bond acceptors (Lipinski definition) is 5. The minimum Gasteiger partial charge on any atom is -0.492 e. The second-order valence-electron chi connectivity index (χ2n) is 7.57. The fraction of sp³-hybridized carbons (Fsp3) is 0.500. The van der Waals surface area contributed by atoms with Gasteiger partial charge in [-0.3, -0.25) is 4.90 Å². The van der Waals surface area contributed by atoms with Gasteiger partial charge >= 0.3 is 0 Å².